The van der Waals surface area contributed by atoms with E-state index in [1.807, 2.05) is 30.3 Å². The van der Waals surface area contributed by atoms with Crippen molar-refractivity contribution in [2.45, 2.75) is 4.90 Å². The number of methoxy groups -OCH3 is 4. The summed E-state index contributed by atoms with van der Waals surface area (Å²) < 4.78 is 27.5. The Morgan fingerprint density at radius 1 is 0.667 bits per heavy atom. The molecule has 0 heterocycles. The maximum Gasteiger partial charge on any atom is 0.208 e. The molecule has 0 saturated heterocycles. The van der Waals surface area contributed by atoms with E-state index in [9.17, 15) is 0 Å². The molecule has 0 aliphatic carbocycles. The molecule has 0 radical (unpaired) electrons. The molecule has 126 valence electrons. The smallest absolute Gasteiger partial charge is 0.208 e. The molecular weight excluding hydrogens is 382 g/mol. The Balaban J connectivity index is 0.00000288. The zero-order chi connectivity index (χ0) is 16.8. The first-order valence-electron chi connectivity index (χ1n) is 6.89. The minimum absolute atomic E-state index is 0. The summed E-state index contributed by atoms with van der Waals surface area (Å²) in [6, 6.07) is 9.85. The van der Waals surface area contributed by atoms with Crippen molar-refractivity contribution in [1.29, 1.82) is 0 Å². The Hall–Kier alpha value is -1.43. The van der Waals surface area contributed by atoms with Gasteiger partial charge in [-0.3, -0.25) is 0 Å². The third-order valence-electron chi connectivity index (χ3n) is 3.32. The SMILES string of the molecule is COSc1c(OC)c(OC)c(OC)c(OC)c1-c1ccccc1.[Zn]. The van der Waals surface area contributed by atoms with Crippen LogP contribution < -0.4 is 18.9 Å². The van der Waals surface area contributed by atoms with E-state index in [0.29, 0.717) is 23.0 Å². The third-order valence-corrected chi connectivity index (χ3v) is 4.05. The van der Waals surface area contributed by atoms with Crippen molar-refractivity contribution in [3.8, 4) is 34.1 Å². The second-order valence-corrected chi connectivity index (χ2v) is 5.36. The Kier molecular flexibility index (Phi) is 8.39. The van der Waals surface area contributed by atoms with Crippen molar-refractivity contribution < 1.29 is 42.6 Å². The van der Waals surface area contributed by atoms with Crippen LogP contribution in [0.25, 0.3) is 11.1 Å². The molecule has 2 aromatic rings. The summed E-state index contributed by atoms with van der Waals surface area (Å²) in [5.74, 6) is 2.05. The fraction of sp³-hybridized carbons (Fsp3) is 0.294. The second kappa shape index (κ2) is 9.77. The summed E-state index contributed by atoms with van der Waals surface area (Å²) in [5.41, 5.74) is 1.79. The van der Waals surface area contributed by atoms with Crippen LogP contribution in [0.5, 0.6) is 23.0 Å². The summed E-state index contributed by atoms with van der Waals surface area (Å²) in [6.07, 6.45) is 0. The van der Waals surface area contributed by atoms with Crippen LogP contribution in [0.15, 0.2) is 35.2 Å². The molecule has 0 atom stereocenters. The van der Waals surface area contributed by atoms with Crippen LogP contribution in [0.4, 0.5) is 0 Å². The first-order valence-corrected chi connectivity index (χ1v) is 7.63. The fourth-order valence-corrected chi connectivity index (χ4v) is 3.13. The molecule has 0 aromatic heterocycles. The van der Waals surface area contributed by atoms with Crippen LogP contribution in [0.2, 0.25) is 0 Å². The molecule has 0 saturated carbocycles. The molecule has 0 aliphatic heterocycles. The second-order valence-electron chi connectivity index (χ2n) is 4.45. The summed E-state index contributed by atoms with van der Waals surface area (Å²) in [4.78, 5) is 0.760. The number of ether oxygens (including phenoxy) is 4. The van der Waals surface area contributed by atoms with Gasteiger partial charge in [0.1, 0.15) is 0 Å². The largest absolute Gasteiger partial charge is 0.492 e. The van der Waals surface area contributed by atoms with Gasteiger partial charge in [0, 0.05) is 37.1 Å². The molecule has 0 amide bonds. The molecular formula is C17H20O5SZn. The van der Waals surface area contributed by atoms with Crippen molar-refractivity contribution in [2.75, 3.05) is 35.5 Å². The Labute approximate surface area is 159 Å². The van der Waals surface area contributed by atoms with E-state index < -0.39 is 0 Å². The van der Waals surface area contributed by atoms with E-state index in [0.717, 1.165) is 16.0 Å². The van der Waals surface area contributed by atoms with E-state index in [1.54, 1.807) is 35.5 Å². The number of hydrogen-bond donors (Lipinski definition) is 0. The average molecular weight is 402 g/mol. The van der Waals surface area contributed by atoms with Gasteiger partial charge in [0.05, 0.1) is 40.4 Å². The molecule has 0 spiro atoms. The maximum atomic E-state index is 5.62. The van der Waals surface area contributed by atoms with Crippen LogP contribution in [0.1, 0.15) is 0 Å². The van der Waals surface area contributed by atoms with Crippen molar-refractivity contribution >= 4 is 12.0 Å². The van der Waals surface area contributed by atoms with Crippen LogP contribution in [-0.2, 0) is 23.7 Å². The summed E-state index contributed by atoms with van der Waals surface area (Å²) in [7, 11) is 7.90. The summed E-state index contributed by atoms with van der Waals surface area (Å²) in [6.45, 7) is 0. The predicted molar refractivity (Wildman–Crippen MR) is 91.0 cm³/mol. The molecule has 0 fully saturated rings. The normalized spacial score (nSPS) is 9.88. The summed E-state index contributed by atoms with van der Waals surface area (Å²) in [5, 5.41) is 0. The Bertz CT molecular complexity index is 664. The van der Waals surface area contributed by atoms with E-state index in [4.69, 9.17) is 23.1 Å². The van der Waals surface area contributed by atoms with Gasteiger partial charge in [-0.15, -0.1) is 0 Å². The van der Waals surface area contributed by atoms with Gasteiger partial charge in [0.15, 0.2) is 11.5 Å². The van der Waals surface area contributed by atoms with Crippen molar-refractivity contribution in [3.05, 3.63) is 30.3 Å². The van der Waals surface area contributed by atoms with Gasteiger partial charge in [-0.05, 0) is 5.56 Å². The van der Waals surface area contributed by atoms with Crippen LogP contribution in [0.3, 0.4) is 0 Å². The zero-order valence-electron chi connectivity index (χ0n) is 14.5. The van der Waals surface area contributed by atoms with Gasteiger partial charge in [-0.25, -0.2) is 0 Å². The maximum absolute atomic E-state index is 5.62. The summed E-state index contributed by atoms with van der Waals surface area (Å²) >= 11 is 1.19. The molecule has 7 heteroatoms. The molecule has 0 unspecified atom stereocenters. The van der Waals surface area contributed by atoms with Crippen LogP contribution in [0, 0.1) is 0 Å². The first-order chi connectivity index (χ1) is 11.2. The number of hydrogen-bond acceptors (Lipinski definition) is 6. The number of rotatable bonds is 7. The fourth-order valence-electron chi connectivity index (χ4n) is 2.42. The Morgan fingerprint density at radius 2 is 1.17 bits per heavy atom. The van der Waals surface area contributed by atoms with Gasteiger partial charge in [0.25, 0.3) is 0 Å². The van der Waals surface area contributed by atoms with Crippen LogP contribution >= 0.6 is 12.0 Å². The molecule has 5 nitrogen and oxygen atoms in total. The predicted octanol–water partition coefficient (Wildman–Crippen LogP) is 4.04. The van der Waals surface area contributed by atoms with Crippen molar-refractivity contribution in [2.24, 2.45) is 0 Å². The van der Waals surface area contributed by atoms with Gasteiger partial charge >= 0.3 is 0 Å². The molecule has 24 heavy (non-hydrogen) atoms. The van der Waals surface area contributed by atoms with E-state index >= 15 is 0 Å². The van der Waals surface area contributed by atoms with Gasteiger partial charge < -0.3 is 23.1 Å². The third kappa shape index (κ3) is 3.80. The van der Waals surface area contributed by atoms with Gasteiger partial charge in [0.2, 0.25) is 11.5 Å². The van der Waals surface area contributed by atoms with Gasteiger partial charge in [-0.2, -0.15) is 0 Å². The average Bonchev–Trinajstić information content (AvgIpc) is 2.60. The standard InChI is InChI=1S/C17H20O5S.Zn/c1-18-13-12(11-9-7-6-8-10-11)17(23-22-5)16(21-4)15(20-3)14(13)19-2;/h6-10H,1-5H3;. The Morgan fingerprint density at radius 3 is 1.62 bits per heavy atom. The van der Waals surface area contributed by atoms with E-state index in [1.165, 1.54) is 12.0 Å². The van der Waals surface area contributed by atoms with E-state index in [2.05, 4.69) is 0 Å². The number of benzene rings is 2. The molecule has 2 rings (SSSR count). The van der Waals surface area contributed by atoms with Crippen LogP contribution in [-0.4, -0.2) is 35.5 Å². The minimum atomic E-state index is 0. The molecule has 0 bridgehead atoms. The molecule has 0 N–H and O–H groups in total. The first kappa shape index (κ1) is 20.6. The monoisotopic (exact) mass is 400 g/mol. The van der Waals surface area contributed by atoms with Crippen molar-refractivity contribution in [1.82, 2.24) is 0 Å². The molecule has 0 aliphatic rings. The minimum Gasteiger partial charge on any atom is -0.492 e. The van der Waals surface area contributed by atoms with E-state index in [-0.39, 0.29) is 19.5 Å². The molecule has 2 aromatic carbocycles. The topological polar surface area (TPSA) is 46.2 Å². The quantitative estimate of drug-likeness (QED) is 0.515. The van der Waals surface area contributed by atoms with Crippen molar-refractivity contribution in [3.63, 3.8) is 0 Å². The zero-order valence-corrected chi connectivity index (χ0v) is 18.3. The van der Waals surface area contributed by atoms with Gasteiger partial charge in [-0.1, -0.05) is 30.3 Å².